The number of benzene rings is 1. The van der Waals surface area contributed by atoms with Crippen LogP contribution in [-0.2, 0) is 0 Å². The van der Waals surface area contributed by atoms with Crippen LogP contribution in [0.5, 0.6) is 0 Å². The third-order valence-electron chi connectivity index (χ3n) is 2.02. The van der Waals surface area contributed by atoms with Crippen molar-refractivity contribution in [3.05, 3.63) is 28.0 Å². The lowest BCUT2D eigenvalue weighted by Gasteiger charge is -2.14. The van der Waals surface area contributed by atoms with Crippen molar-refractivity contribution < 1.29 is 0 Å². The molecule has 0 atom stereocenters. The zero-order chi connectivity index (χ0) is 10.3. The van der Waals surface area contributed by atoms with Crippen molar-refractivity contribution in [2.75, 3.05) is 19.1 Å². The molecule has 0 aliphatic carbocycles. The van der Waals surface area contributed by atoms with Gasteiger partial charge >= 0.3 is 0 Å². The lowest BCUT2D eigenvalue weighted by atomic mass is 10.3. The average molecular weight is 228 g/mol. The van der Waals surface area contributed by atoms with Crippen LogP contribution in [0.1, 0.15) is 0 Å². The molecule has 0 aliphatic heterocycles. The quantitative estimate of drug-likeness (QED) is 0.758. The average Bonchev–Trinajstić information content (AvgIpc) is 2.40. The molecular formula is C9H10ClN3S. The minimum Gasteiger partial charge on any atom is -0.329 e. The number of rotatable bonds is 1. The van der Waals surface area contributed by atoms with Gasteiger partial charge in [-0.3, -0.25) is 0 Å². The standard InChI is InChI=1S/C9H10ClN3S/c1-12(2)13-8-5-6(10)3-4-7(8)11-9(13)14/h3-5H,1-2H3,(H,11,14). The molecule has 0 spiro atoms. The van der Waals surface area contributed by atoms with Gasteiger partial charge in [-0.15, -0.1) is 0 Å². The van der Waals surface area contributed by atoms with Gasteiger partial charge in [0.15, 0.2) is 4.77 Å². The van der Waals surface area contributed by atoms with E-state index in [0.29, 0.717) is 9.79 Å². The number of H-pyrrole nitrogens is 1. The number of nitrogens with one attached hydrogen (secondary N) is 1. The van der Waals surface area contributed by atoms with Crippen molar-refractivity contribution >= 4 is 34.9 Å². The molecule has 2 aromatic rings. The summed E-state index contributed by atoms with van der Waals surface area (Å²) in [7, 11) is 3.87. The molecule has 74 valence electrons. The fourth-order valence-electron chi connectivity index (χ4n) is 1.46. The van der Waals surface area contributed by atoms with Crippen molar-refractivity contribution in [1.29, 1.82) is 0 Å². The first kappa shape index (κ1) is 9.55. The van der Waals surface area contributed by atoms with Crippen molar-refractivity contribution in [2.24, 2.45) is 0 Å². The van der Waals surface area contributed by atoms with Gasteiger partial charge in [-0.25, -0.2) is 4.68 Å². The second-order valence-corrected chi connectivity index (χ2v) is 4.07. The monoisotopic (exact) mass is 227 g/mol. The molecule has 2 rings (SSSR count). The Morgan fingerprint density at radius 1 is 1.43 bits per heavy atom. The van der Waals surface area contributed by atoms with E-state index in [1.54, 1.807) is 0 Å². The summed E-state index contributed by atoms with van der Waals surface area (Å²) in [6.45, 7) is 0. The Bertz CT molecular complexity index is 526. The van der Waals surface area contributed by atoms with Crippen LogP contribution in [0.2, 0.25) is 5.02 Å². The molecule has 0 aliphatic rings. The van der Waals surface area contributed by atoms with Crippen molar-refractivity contribution in [3.63, 3.8) is 0 Å². The SMILES string of the molecule is CN(C)n1c(=S)[nH]c2ccc(Cl)cc21. The van der Waals surface area contributed by atoms with E-state index in [2.05, 4.69) is 4.98 Å². The molecule has 5 heteroatoms. The summed E-state index contributed by atoms with van der Waals surface area (Å²) in [5.74, 6) is 0. The van der Waals surface area contributed by atoms with Crippen LogP contribution in [0.3, 0.4) is 0 Å². The van der Waals surface area contributed by atoms with E-state index in [0.717, 1.165) is 11.0 Å². The van der Waals surface area contributed by atoms with Gasteiger partial charge in [0.05, 0.1) is 11.0 Å². The second kappa shape index (κ2) is 3.29. The van der Waals surface area contributed by atoms with Gasteiger partial charge < -0.3 is 9.99 Å². The minimum absolute atomic E-state index is 0.673. The number of aromatic nitrogens is 2. The minimum atomic E-state index is 0.673. The van der Waals surface area contributed by atoms with Gasteiger partial charge in [-0.2, -0.15) is 0 Å². The van der Waals surface area contributed by atoms with Crippen LogP contribution in [0, 0.1) is 4.77 Å². The summed E-state index contributed by atoms with van der Waals surface area (Å²) >= 11 is 11.1. The highest BCUT2D eigenvalue weighted by Crippen LogP contribution is 2.18. The molecule has 0 radical (unpaired) electrons. The summed E-state index contributed by atoms with van der Waals surface area (Å²) < 4.78 is 2.57. The smallest absolute Gasteiger partial charge is 0.197 e. The van der Waals surface area contributed by atoms with Crippen LogP contribution >= 0.6 is 23.8 Å². The summed E-state index contributed by atoms with van der Waals surface area (Å²) in [6.07, 6.45) is 0. The molecule has 3 nitrogen and oxygen atoms in total. The third kappa shape index (κ3) is 1.40. The second-order valence-electron chi connectivity index (χ2n) is 3.25. The largest absolute Gasteiger partial charge is 0.329 e. The van der Waals surface area contributed by atoms with E-state index in [4.69, 9.17) is 23.8 Å². The Balaban J connectivity index is 2.86. The van der Waals surface area contributed by atoms with E-state index < -0.39 is 0 Å². The van der Waals surface area contributed by atoms with Crippen LogP contribution in [-0.4, -0.2) is 23.8 Å². The third-order valence-corrected chi connectivity index (χ3v) is 2.53. The predicted molar refractivity (Wildman–Crippen MR) is 62.2 cm³/mol. The number of imidazole rings is 1. The maximum absolute atomic E-state index is 5.92. The lowest BCUT2D eigenvalue weighted by Crippen LogP contribution is -2.24. The van der Waals surface area contributed by atoms with Gasteiger partial charge in [0.25, 0.3) is 0 Å². The molecule has 1 N–H and O–H groups in total. The van der Waals surface area contributed by atoms with E-state index >= 15 is 0 Å². The molecule has 0 bridgehead atoms. The van der Waals surface area contributed by atoms with E-state index in [9.17, 15) is 0 Å². The highest BCUT2D eigenvalue weighted by molar-refractivity contribution is 7.71. The van der Waals surface area contributed by atoms with Gasteiger partial charge in [0.1, 0.15) is 0 Å². The van der Waals surface area contributed by atoms with Gasteiger partial charge in [0, 0.05) is 19.1 Å². The van der Waals surface area contributed by atoms with Gasteiger partial charge in [-0.05, 0) is 30.4 Å². The normalized spacial score (nSPS) is 10.8. The molecule has 0 saturated carbocycles. The Kier molecular flexibility index (Phi) is 2.25. The maximum atomic E-state index is 5.92. The number of fused-ring (bicyclic) bond motifs is 1. The predicted octanol–water partition coefficient (Wildman–Crippen LogP) is 2.55. The first-order valence-corrected chi connectivity index (χ1v) is 4.96. The molecule has 0 saturated heterocycles. The fraction of sp³-hybridized carbons (Fsp3) is 0.222. The van der Waals surface area contributed by atoms with Crippen molar-refractivity contribution in [1.82, 2.24) is 9.66 Å². The lowest BCUT2D eigenvalue weighted by molar-refractivity contribution is 0.742. The molecule has 14 heavy (non-hydrogen) atoms. The highest BCUT2D eigenvalue weighted by Gasteiger charge is 2.05. The fourth-order valence-corrected chi connectivity index (χ4v) is 2.00. The van der Waals surface area contributed by atoms with E-state index in [1.807, 2.05) is 42.0 Å². The molecular weight excluding hydrogens is 218 g/mol. The number of hydrogen-bond donors (Lipinski definition) is 1. The van der Waals surface area contributed by atoms with E-state index in [-0.39, 0.29) is 0 Å². The molecule has 0 unspecified atom stereocenters. The van der Waals surface area contributed by atoms with Gasteiger partial charge in [0.2, 0.25) is 0 Å². The van der Waals surface area contributed by atoms with Crippen molar-refractivity contribution in [3.8, 4) is 0 Å². The summed E-state index contributed by atoms with van der Waals surface area (Å²) in [5.41, 5.74) is 1.99. The summed E-state index contributed by atoms with van der Waals surface area (Å²) in [4.78, 5) is 3.11. The number of halogens is 1. The Hall–Kier alpha value is -1.00. The Morgan fingerprint density at radius 3 is 2.79 bits per heavy atom. The van der Waals surface area contributed by atoms with Crippen LogP contribution in [0.4, 0.5) is 0 Å². The summed E-state index contributed by atoms with van der Waals surface area (Å²) in [6, 6.07) is 5.66. The zero-order valence-electron chi connectivity index (χ0n) is 7.91. The number of hydrogen-bond acceptors (Lipinski definition) is 2. The van der Waals surface area contributed by atoms with Crippen LogP contribution in [0.25, 0.3) is 11.0 Å². The maximum Gasteiger partial charge on any atom is 0.197 e. The number of nitrogens with zero attached hydrogens (tertiary/aromatic N) is 2. The summed E-state index contributed by atoms with van der Waals surface area (Å²) in [5, 5.41) is 2.62. The van der Waals surface area contributed by atoms with E-state index in [1.165, 1.54) is 0 Å². The Labute approximate surface area is 91.9 Å². The topological polar surface area (TPSA) is 24.0 Å². The molecule has 0 fully saturated rings. The van der Waals surface area contributed by atoms with Crippen molar-refractivity contribution in [2.45, 2.75) is 0 Å². The molecule has 1 aromatic carbocycles. The zero-order valence-corrected chi connectivity index (χ0v) is 9.49. The highest BCUT2D eigenvalue weighted by atomic mass is 35.5. The number of aromatic amines is 1. The molecule has 0 amide bonds. The van der Waals surface area contributed by atoms with Crippen LogP contribution < -0.4 is 5.01 Å². The molecule has 1 heterocycles. The Morgan fingerprint density at radius 2 is 2.14 bits per heavy atom. The molecule has 1 aromatic heterocycles. The first-order chi connectivity index (χ1) is 6.59. The first-order valence-electron chi connectivity index (χ1n) is 4.17. The van der Waals surface area contributed by atoms with Gasteiger partial charge in [-0.1, -0.05) is 11.6 Å². The van der Waals surface area contributed by atoms with Crippen LogP contribution in [0.15, 0.2) is 18.2 Å².